The van der Waals surface area contributed by atoms with Crippen molar-refractivity contribution in [2.24, 2.45) is 0 Å². The zero-order valence-electron chi connectivity index (χ0n) is 14.1. The molecule has 0 atom stereocenters. The molecule has 0 spiro atoms. The molecule has 0 unspecified atom stereocenters. The summed E-state index contributed by atoms with van der Waals surface area (Å²) in [7, 11) is 0. The first kappa shape index (κ1) is 15.2. The molecular formula is C18H26N4. The second-order valence-electron chi connectivity index (χ2n) is 7.27. The average Bonchev–Trinajstić information content (AvgIpc) is 3.08. The Hall–Kier alpha value is -1.68. The van der Waals surface area contributed by atoms with Gasteiger partial charge in [-0.15, -0.1) is 5.10 Å². The normalized spacial score (nSPS) is 16.4. The van der Waals surface area contributed by atoms with Gasteiger partial charge in [0.15, 0.2) is 5.82 Å². The van der Waals surface area contributed by atoms with Crippen molar-refractivity contribution in [2.75, 3.05) is 13.1 Å². The molecule has 118 valence electrons. The smallest absolute Gasteiger partial charge is 0.165 e. The maximum Gasteiger partial charge on any atom is 0.165 e. The Labute approximate surface area is 133 Å². The van der Waals surface area contributed by atoms with Crippen LogP contribution in [0.1, 0.15) is 50.8 Å². The highest BCUT2D eigenvalue weighted by Gasteiger charge is 2.17. The third-order valence-corrected chi connectivity index (χ3v) is 4.35. The summed E-state index contributed by atoms with van der Waals surface area (Å²) in [6.45, 7) is 11.9. The maximum absolute atomic E-state index is 4.70. The molecule has 4 heteroatoms. The van der Waals surface area contributed by atoms with Crippen LogP contribution in [0.4, 0.5) is 0 Å². The fourth-order valence-corrected chi connectivity index (χ4v) is 3.00. The van der Waals surface area contributed by atoms with Crippen molar-refractivity contribution >= 4 is 0 Å². The van der Waals surface area contributed by atoms with Gasteiger partial charge >= 0.3 is 0 Å². The first-order chi connectivity index (χ1) is 10.4. The molecule has 1 aromatic carbocycles. The molecule has 0 saturated carbocycles. The van der Waals surface area contributed by atoms with E-state index in [-0.39, 0.29) is 5.41 Å². The van der Waals surface area contributed by atoms with Crippen LogP contribution in [0, 0.1) is 6.92 Å². The van der Waals surface area contributed by atoms with Crippen molar-refractivity contribution in [2.45, 2.75) is 52.5 Å². The van der Waals surface area contributed by atoms with Gasteiger partial charge in [0.25, 0.3) is 0 Å². The van der Waals surface area contributed by atoms with Crippen molar-refractivity contribution < 1.29 is 0 Å². The van der Waals surface area contributed by atoms with Crippen LogP contribution in [0.25, 0.3) is 5.69 Å². The largest absolute Gasteiger partial charge is 0.296 e. The Bertz CT molecular complexity index is 628. The molecular weight excluding hydrogens is 272 g/mol. The minimum Gasteiger partial charge on any atom is -0.296 e. The van der Waals surface area contributed by atoms with Gasteiger partial charge in [-0.2, -0.15) is 0 Å². The second-order valence-corrected chi connectivity index (χ2v) is 7.27. The fourth-order valence-electron chi connectivity index (χ4n) is 3.00. The van der Waals surface area contributed by atoms with Crippen LogP contribution in [-0.4, -0.2) is 32.8 Å². The van der Waals surface area contributed by atoms with Gasteiger partial charge < -0.3 is 0 Å². The molecule has 4 nitrogen and oxygen atoms in total. The number of hydrogen-bond donors (Lipinski definition) is 0. The predicted molar refractivity (Wildman–Crippen MR) is 89.3 cm³/mol. The molecule has 2 aromatic rings. The van der Waals surface area contributed by atoms with Gasteiger partial charge in [0.2, 0.25) is 0 Å². The number of likely N-dealkylation sites (tertiary alicyclic amines) is 1. The van der Waals surface area contributed by atoms with Gasteiger partial charge in [-0.05, 0) is 56.0 Å². The zero-order chi connectivity index (χ0) is 15.7. The number of nitrogens with zero attached hydrogens (tertiary/aromatic N) is 4. The molecule has 1 aliphatic rings. The monoisotopic (exact) mass is 298 g/mol. The summed E-state index contributed by atoms with van der Waals surface area (Å²) in [5, 5.41) is 4.70. The summed E-state index contributed by atoms with van der Waals surface area (Å²) >= 11 is 0. The molecule has 22 heavy (non-hydrogen) atoms. The Morgan fingerprint density at radius 2 is 1.68 bits per heavy atom. The average molecular weight is 298 g/mol. The molecule has 0 amide bonds. The van der Waals surface area contributed by atoms with Gasteiger partial charge in [0, 0.05) is 0 Å². The first-order valence-electron chi connectivity index (χ1n) is 8.19. The molecule has 0 aliphatic carbocycles. The van der Waals surface area contributed by atoms with E-state index in [1.165, 1.54) is 31.5 Å². The molecule has 1 fully saturated rings. The summed E-state index contributed by atoms with van der Waals surface area (Å²) in [5.74, 6) is 1.89. The van der Waals surface area contributed by atoms with Crippen LogP contribution in [0.2, 0.25) is 0 Å². The van der Waals surface area contributed by atoms with Gasteiger partial charge in [0.05, 0.1) is 12.2 Å². The standard InChI is InChI=1S/C18H26N4/c1-14-19-17(13-21-11-5-6-12-21)20-22(14)16-9-7-15(8-10-16)18(2,3)4/h7-10H,5-6,11-13H2,1-4H3. The maximum atomic E-state index is 4.70. The Morgan fingerprint density at radius 3 is 2.27 bits per heavy atom. The van der Waals surface area contributed by atoms with E-state index in [1.807, 2.05) is 11.6 Å². The van der Waals surface area contributed by atoms with E-state index in [1.54, 1.807) is 0 Å². The third kappa shape index (κ3) is 3.22. The predicted octanol–water partition coefficient (Wildman–Crippen LogP) is 3.47. The van der Waals surface area contributed by atoms with Crippen LogP contribution in [-0.2, 0) is 12.0 Å². The lowest BCUT2D eigenvalue weighted by Gasteiger charge is -2.19. The molecule has 2 heterocycles. The molecule has 0 bridgehead atoms. The minimum atomic E-state index is 0.177. The summed E-state index contributed by atoms with van der Waals surface area (Å²) in [6.07, 6.45) is 2.60. The molecule has 3 rings (SSSR count). The number of benzene rings is 1. The van der Waals surface area contributed by atoms with Crippen LogP contribution >= 0.6 is 0 Å². The number of aromatic nitrogens is 3. The fraction of sp³-hybridized carbons (Fsp3) is 0.556. The lowest BCUT2D eigenvalue weighted by atomic mass is 9.87. The highest BCUT2D eigenvalue weighted by atomic mass is 15.4. The summed E-state index contributed by atoms with van der Waals surface area (Å²) < 4.78 is 1.96. The quantitative estimate of drug-likeness (QED) is 0.870. The first-order valence-corrected chi connectivity index (χ1v) is 8.19. The number of rotatable bonds is 3. The topological polar surface area (TPSA) is 34.0 Å². The Morgan fingerprint density at radius 1 is 1.05 bits per heavy atom. The van der Waals surface area contributed by atoms with Crippen molar-refractivity contribution in [3.63, 3.8) is 0 Å². The van der Waals surface area contributed by atoms with Crippen molar-refractivity contribution in [3.05, 3.63) is 41.5 Å². The summed E-state index contributed by atoms with van der Waals surface area (Å²) in [4.78, 5) is 7.06. The summed E-state index contributed by atoms with van der Waals surface area (Å²) in [6, 6.07) is 8.66. The van der Waals surface area contributed by atoms with Crippen LogP contribution in [0.3, 0.4) is 0 Å². The number of aryl methyl sites for hydroxylation is 1. The zero-order valence-corrected chi connectivity index (χ0v) is 14.1. The van der Waals surface area contributed by atoms with E-state index in [4.69, 9.17) is 5.10 Å². The van der Waals surface area contributed by atoms with Gasteiger partial charge in [0.1, 0.15) is 5.82 Å². The highest BCUT2D eigenvalue weighted by Crippen LogP contribution is 2.23. The van der Waals surface area contributed by atoms with E-state index in [2.05, 4.69) is 54.9 Å². The van der Waals surface area contributed by atoms with Crippen molar-refractivity contribution in [1.29, 1.82) is 0 Å². The Balaban J connectivity index is 1.80. The van der Waals surface area contributed by atoms with Gasteiger partial charge in [-0.25, -0.2) is 9.67 Å². The molecule has 1 saturated heterocycles. The van der Waals surface area contributed by atoms with Crippen LogP contribution in [0.15, 0.2) is 24.3 Å². The summed E-state index contributed by atoms with van der Waals surface area (Å²) in [5.41, 5.74) is 2.61. The lowest BCUT2D eigenvalue weighted by molar-refractivity contribution is 0.322. The minimum absolute atomic E-state index is 0.177. The molecule has 1 aliphatic heterocycles. The third-order valence-electron chi connectivity index (χ3n) is 4.35. The van der Waals surface area contributed by atoms with E-state index < -0.39 is 0 Å². The van der Waals surface area contributed by atoms with E-state index in [0.29, 0.717) is 0 Å². The lowest BCUT2D eigenvalue weighted by Crippen LogP contribution is -2.19. The van der Waals surface area contributed by atoms with E-state index >= 15 is 0 Å². The molecule has 0 N–H and O–H groups in total. The molecule has 0 radical (unpaired) electrons. The van der Waals surface area contributed by atoms with Crippen molar-refractivity contribution in [1.82, 2.24) is 19.7 Å². The SMILES string of the molecule is Cc1nc(CN2CCCC2)nn1-c1ccc(C(C)(C)C)cc1. The van der Waals surface area contributed by atoms with Crippen LogP contribution in [0.5, 0.6) is 0 Å². The van der Waals surface area contributed by atoms with Gasteiger partial charge in [-0.1, -0.05) is 32.9 Å². The van der Waals surface area contributed by atoms with E-state index in [0.717, 1.165) is 23.9 Å². The van der Waals surface area contributed by atoms with Crippen molar-refractivity contribution in [3.8, 4) is 5.69 Å². The Kier molecular flexibility index (Phi) is 4.04. The number of hydrogen-bond acceptors (Lipinski definition) is 3. The highest BCUT2D eigenvalue weighted by molar-refractivity contribution is 5.36. The molecule has 1 aromatic heterocycles. The second kappa shape index (κ2) is 5.84. The van der Waals surface area contributed by atoms with Crippen LogP contribution < -0.4 is 0 Å². The van der Waals surface area contributed by atoms with E-state index in [9.17, 15) is 0 Å². The van der Waals surface area contributed by atoms with Gasteiger partial charge in [-0.3, -0.25) is 4.90 Å².